The Morgan fingerprint density at radius 3 is 2.48 bits per heavy atom. The molecular weight excluding hydrogens is 362 g/mol. The van der Waals surface area contributed by atoms with Gasteiger partial charge < -0.3 is 10.4 Å². The predicted molar refractivity (Wildman–Crippen MR) is 113 cm³/mol. The first-order chi connectivity index (χ1) is 14.0. The molecule has 0 bridgehead atoms. The summed E-state index contributed by atoms with van der Waals surface area (Å²) in [6.07, 6.45) is 1.44. The van der Waals surface area contributed by atoms with E-state index in [1.54, 1.807) is 17.5 Å². The molecule has 0 aliphatic rings. The van der Waals surface area contributed by atoms with E-state index in [2.05, 4.69) is 33.6 Å². The van der Waals surface area contributed by atoms with Crippen molar-refractivity contribution in [3.05, 3.63) is 77.0 Å². The van der Waals surface area contributed by atoms with E-state index in [0.717, 1.165) is 27.8 Å². The van der Waals surface area contributed by atoms with Crippen LogP contribution in [0.1, 0.15) is 35.3 Å². The van der Waals surface area contributed by atoms with Crippen LogP contribution in [0, 0.1) is 25.2 Å². The van der Waals surface area contributed by atoms with Gasteiger partial charge in [-0.25, -0.2) is 4.52 Å². The Morgan fingerprint density at radius 1 is 1.07 bits per heavy atom. The second-order valence-electron chi connectivity index (χ2n) is 7.14. The van der Waals surface area contributed by atoms with Crippen LogP contribution in [0.25, 0.3) is 16.8 Å². The Balaban J connectivity index is 1.70. The molecule has 6 nitrogen and oxygen atoms in total. The summed E-state index contributed by atoms with van der Waals surface area (Å²) in [6, 6.07) is 17.5. The monoisotopic (exact) mass is 383 g/mol. The lowest BCUT2D eigenvalue weighted by atomic mass is 9.94. The van der Waals surface area contributed by atoms with Gasteiger partial charge in [-0.1, -0.05) is 24.3 Å². The standard InChI is InChI=1S/C23H21N5O/c1-14-10-19(11-15(2)22(14)16(3)29)18-8-9-21-26-23(27-28(21)13-18)25-20-7-5-4-6-17(20)12-24/h4-11,13,16,29H,1-3H3,(H,25,27). The van der Waals surface area contributed by atoms with E-state index >= 15 is 0 Å². The zero-order valence-electron chi connectivity index (χ0n) is 16.5. The SMILES string of the molecule is Cc1cc(-c2ccc3nc(Nc4ccccc4C#N)nn3c2)cc(C)c1C(C)O. The third-order valence-electron chi connectivity index (χ3n) is 4.97. The van der Waals surface area contributed by atoms with Gasteiger partial charge in [0.1, 0.15) is 6.07 Å². The fourth-order valence-electron chi connectivity index (χ4n) is 3.72. The average molecular weight is 383 g/mol. The van der Waals surface area contributed by atoms with E-state index < -0.39 is 6.10 Å². The predicted octanol–water partition coefficient (Wildman–Crippen LogP) is 4.68. The van der Waals surface area contributed by atoms with Crippen molar-refractivity contribution in [2.45, 2.75) is 26.9 Å². The first-order valence-corrected chi connectivity index (χ1v) is 9.38. The average Bonchev–Trinajstić information content (AvgIpc) is 3.09. The molecule has 0 spiro atoms. The number of nitrogens with zero attached hydrogens (tertiary/aromatic N) is 4. The molecule has 144 valence electrons. The van der Waals surface area contributed by atoms with Gasteiger partial charge in [0.25, 0.3) is 0 Å². The van der Waals surface area contributed by atoms with Crippen molar-refractivity contribution in [3.8, 4) is 17.2 Å². The third-order valence-corrected chi connectivity index (χ3v) is 4.97. The molecule has 0 saturated heterocycles. The number of hydrogen-bond donors (Lipinski definition) is 2. The van der Waals surface area contributed by atoms with E-state index in [9.17, 15) is 10.4 Å². The quantitative estimate of drug-likeness (QED) is 0.534. The van der Waals surface area contributed by atoms with Crippen molar-refractivity contribution in [3.63, 3.8) is 0 Å². The number of rotatable bonds is 4. The van der Waals surface area contributed by atoms with Crippen LogP contribution < -0.4 is 5.32 Å². The number of aliphatic hydroxyl groups is 1. The molecule has 1 unspecified atom stereocenters. The highest BCUT2D eigenvalue weighted by Gasteiger charge is 2.12. The van der Waals surface area contributed by atoms with E-state index in [1.165, 1.54) is 0 Å². The molecule has 1 atom stereocenters. The minimum atomic E-state index is -0.494. The van der Waals surface area contributed by atoms with Gasteiger partial charge in [0.05, 0.1) is 17.4 Å². The number of aliphatic hydroxyl groups excluding tert-OH is 1. The fraction of sp³-hybridized carbons (Fsp3) is 0.174. The molecule has 2 aromatic carbocycles. The van der Waals surface area contributed by atoms with E-state index in [4.69, 9.17) is 0 Å². The summed E-state index contributed by atoms with van der Waals surface area (Å²) in [4.78, 5) is 4.49. The Hall–Kier alpha value is -3.69. The van der Waals surface area contributed by atoms with Gasteiger partial charge in [0.15, 0.2) is 5.65 Å². The van der Waals surface area contributed by atoms with Crippen molar-refractivity contribution < 1.29 is 5.11 Å². The minimum Gasteiger partial charge on any atom is -0.389 e. The molecule has 2 aromatic heterocycles. The van der Waals surface area contributed by atoms with E-state index in [0.29, 0.717) is 22.8 Å². The maximum absolute atomic E-state index is 10.00. The normalized spacial score (nSPS) is 12.0. The molecule has 0 saturated carbocycles. The van der Waals surface area contributed by atoms with E-state index in [1.807, 2.05) is 50.4 Å². The molecule has 0 radical (unpaired) electrons. The molecule has 29 heavy (non-hydrogen) atoms. The summed E-state index contributed by atoms with van der Waals surface area (Å²) in [5.41, 5.74) is 7.08. The van der Waals surface area contributed by atoms with Gasteiger partial charge in [0.2, 0.25) is 5.95 Å². The maximum atomic E-state index is 10.00. The van der Waals surface area contributed by atoms with Crippen molar-refractivity contribution >= 4 is 17.3 Å². The van der Waals surface area contributed by atoms with Crippen molar-refractivity contribution in [1.82, 2.24) is 14.6 Å². The number of para-hydroxylation sites is 1. The van der Waals surface area contributed by atoms with Crippen LogP contribution in [0.2, 0.25) is 0 Å². The molecule has 2 N–H and O–H groups in total. The fourth-order valence-corrected chi connectivity index (χ4v) is 3.72. The smallest absolute Gasteiger partial charge is 0.247 e. The number of pyridine rings is 1. The lowest BCUT2D eigenvalue weighted by Gasteiger charge is -2.15. The number of anilines is 2. The van der Waals surface area contributed by atoms with Crippen LogP contribution in [0.15, 0.2) is 54.7 Å². The highest BCUT2D eigenvalue weighted by atomic mass is 16.3. The second kappa shape index (κ2) is 7.38. The van der Waals surface area contributed by atoms with Gasteiger partial charge in [-0.15, -0.1) is 5.10 Å². The van der Waals surface area contributed by atoms with Crippen LogP contribution in [0.4, 0.5) is 11.6 Å². The van der Waals surface area contributed by atoms with Gasteiger partial charge in [-0.05, 0) is 67.3 Å². The Morgan fingerprint density at radius 2 is 1.79 bits per heavy atom. The molecular formula is C23H21N5O. The molecule has 0 fully saturated rings. The number of aryl methyl sites for hydroxylation is 2. The highest BCUT2D eigenvalue weighted by molar-refractivity contribution is 5.68. The lowest BCUT2D eigenvalue weighted by molar-refractivity contribution is 0.198. The van der Waals surface area contributed by atoms with Crippen molar-refractivity contribution in [1.29, 1.82) is 5.26 Å². The molecule has 4 rings (SSSR count). The molecule has 6 heteroatoms. The number of benzene rings is 2. The molecule has 2 heterocycles. The van der Waals surface area contributed by atoms with Crippen LogP contribution in [-0.2, 0) is 0 Å². The van der Waals surface area contributed by atoms with E-state index in [-0.39, 0.29) is 0 Å². The number of aromatic nitrogens is 3. The minimum absolute atomic E-state index is 0.432. The first kappa shape index (κ1) is 18.7. The zero-order chi connectivity index (χ0) is 20.5. The Kier molecular flexibility index (Phi) is 4.75. The van der Waals surface area contributed by atoms with Gasteiger partial charge >= 0.3 is 0 Å². The molecule has 4 aromatic rings. The molecule has 0 aliphatic carbocycles. The van der Waals surface area contributed by atoms with Crippen molar-refractivity contribution in [2.24, 2.45) is 0 Å². The highest BCUT2D eigenvalue weighted by Crippen LogP contribution is 2.29. The summed E-state index contributed by atoms with van der Waals surface area (Å²) in [5.74, 6) is 0.432. The maximum Gasteiger partial charge on any atom is 0.247 e. The second-order valence-corrected chi connectivity index (χ2v) is 7.14. The first-order valence-electron chi connectivity index (χ1n) is 9.38. The summed E-state index contributed by atoms with van der Waals surface area (Å²) in [6.45, 7) is 5.82. The van der Waals surface area contributed by atoms with Crippen molar-refractivity contribution in [2.75, 3.05) is 5.32 Å². The lowest BCUT2D eigenvalue weighted by Crippen LogP contribution is -1.99. The Labute approximate surface area is 169 Å². The molecule has 0 aliphatic heterocycles. The van der Waals surface area contributed by atoms with Crippen LogP contribution in [0.3, 0.4) is 0 Å². The summed E-state index contributed by atoms with van der Waals surface area (Å²) >= 11 is 0. The van der Waals surface area contributed by atoms with Crippen LogP contribution in [-0.4, -0.2) is 19.7 Å². The van der Waals surface area contributed by atoms with Crippen LogP contribution in [0.5, 0.6) is 0 Å². The van der Waals surface area contributed by atoms with Crippen LogP contribution >= 0.6 is 0 Å². The van der Waals surface area contributed by atoms with Gasteiger partial charge in [0, 0.05) is 11.8 Å². The zero-order valence-corrected chi connectivity index (χ0v) is 16.5. The molecule has 0 amide bonds. The summed E-state index contributed by atoms with van der Waals surface area (Å²) in [7, 11) is 0. The Bertz CT molecular complexity index is 1230. The number of nitriles is 1. The third kappa shape index (κ3) is 3.56. The number of fused-ring (bicyclic) bond motifs is 1. The van der Waals surface area contributed by atoms with Gasteiger partial charge in [-0.2, -0.15) is 10.2 Å². The topological polar surface area (TPSA) is 86.2 Å². The summed E-state index contributed by atoms with van der Waals surface area (Å²) < 4.78 is 1.72. The van der Waals surface area contributed by atoms with Gasteiger partial charge in [-0.3, -0.25) is 0 Å². The number of nitrogens with one attached hydrogen (secondary N) is 1. The largest absolute Gasteiger partial charge is 0.389 e. The number of hydrogen-bond acceptors (Lipinski definition) is 5. The summed E-state index contributed by atoms with van der Waals surface area (Å²) in [5, 5.41) is 26.9.